The molecule has 2 amide bonds. The predicted molar refractivity (Wildman–Crippen MR) is 61.3 cm³/mol. The van der Waals surface area contributed by atoms with Crippen LogP contribution in [-0.2, 0) is 4.74 Å². The van der Waals surface area contributed by atoms with Crippen molar-refractivity contribution < 1.29 is 14.6 Å². The molecule has 0 aromatic heterocycles. The number of carbonyl (C=O) groups excluding carboxylic acids is 1. The molecular formula is C11H22N2O3. The molecule has 0 spiro atoms. The van der Waals surface area contributed by atoms with Gasteiger partial charge in [-0.25, -0.2) is 4.79 Å². The van der Waals surface area contributed by atoms with Gasteiger partial charge in [-0.1, -0.05) is 0 Å². The highest BCUT2D eigenvalue weighted by Crippen LogP contribution is 2.15. The van der Waals surface area contributed by atoms with Crippen LogP contribution in [0, 0.1) is 5.92 Å². The fraction of sp³-hybridized carbons (Fsp3) is 0.909. The molecule has 1 unspecified atom stereocenters. The molecule has 1 aliphatic rings. The van der Waals surface area contributed by atoms with E-state index in [1.165, 1.54) is 0 Å². The van der Waals surface area contributed by atoms with Gasteiger partial charge >= 0.3 is 6.03 Å². The van der Waals surface area contributed by atoms with Crippen LogP contribution >= 0.6 is 0 Å². The number of urea groups is 1. The molecule has 0 aromatic carbocycles. The maximum Gasteiger partial charge on any atom is 0.317 e. The monoisotopic (exact) mass is 230 g/mol. The number of hydrogen-bond acceptors (Lipinski definition) is 3. The van der Waals surface area contributed by atoms with Gasteiger partial charge in [0, 0.05) is 32.8 Å². The third-order valence-corrected chi connectivity index (χ3v) is 2.79. The Morgan fingerprint density at radius 2 is 2.44 bits per heavy atom. The van der Waals surface area contributed by atoms with Gasteiger partial charge in [0.15, 0.2) is 0 Å². The zero-order chi connectivity index (χ0) is 11.8. The first-order chi connectivity index (χ1) is 7.77. The zero-order valence-corrected chi connectivity index (χ0v) is 9.95. The first-order valence-electron chi connectivity index (χ1n) is 5.99. The Morgan fingerprint density at radius 1 is 1.62 bits per heavy atom. The number of rotatable bonds is 5. The maximum atomic E-state index is 11.7. The maximum absolute atomic E-state index is 11.7. The lowest BCUT2D eigenvalue weighted by atomic mass is 9.99. The van der Waals surface area contributed by atoms with Gasteiger partial charge in [0.2, 0.25) is 0 Å². The fourth-order valence-corrected chi connectivity index (χ4v) is 1.88. The van der Waals surface area contributed by atoms with Crippen LogP contribution in [0.1, 0.15) is 19.8 Å². The molecular weight excluding hydrogens is 208 g/mol. The number of hydrogen-bond donors (Lipinski definition) is 2. The highest BCUT2D eigenvalue weighted by Gasteiger charge is 2.22. The van der Waals surface area contributed by atoms with Crippen LogP contribution in [-0.4, -0.2) is 55.5 Å². The smallest absolute Gasteiger partial charge is 0.317 e. The van der Waals surface area contributed by atoms with E-state index in [2.05, 4.69) is 5.32 Å². The van der Waals surface area contributed by atoms with Crippen molar-refractivity contribution in [3.63, 3.8) is 0 Å². The Morgan fingerprint density at radius 3 is 3.12 bits per heavy atom. The first kappa shape index (κ1) is 13.3. The number of nitrogens with zero attached hydrogens (tertiary/aromatic N) is 1. The Balaban J connectivity index is 2.19. The molecule has 94 valence electrons. The number of aliphatic hydroxyl groups excluding tert-OH is 1. The molecule has 1 aliphatic heterocycles. The molecule has 1 rings (SSSR count). The number of nitrogens with one attached hydrogen (secondary N) is 1. The van der Waals surface area contributed by atoms with Crippen LogP contribution in [0.3, 0.4) is 0 Å². The molecule has 1 fully saturated rings. The van der Waals surface area contributed by atoms with E-state index in [4.69, 9.17) is 9.84 Å². The van der Waals surface area contributed by atoms with Gasteiger partial charge in [0.25, 0.3) is 0 Å². The lowest BCUT2D eigenvalue weighted by Crippen LogP contribution is -2.46. The van der Waals surface area contributed by atoms with Crippen molar-refractivity contribution in [3.05, 3.63) is 0 Å². The van der Waals surface area contributed by atoms with Crippen molar-refractivity contribution in [2.75, 3.05) is 39.5 Å². The minimum Gasteiger partial charge on any atom is -0.396 e. The summed E-state index contributed by atoms with van der Waals surface area (Å²) in [5.41, 5.74) is 0. The number of aliphatic hydroxyl groups is 1. The van der Waals surface area contributed by atoms with Crippen molar-refractivity contribution >= 4 is 6.03 Å². The zero-order valence-electron chi connectivity index (χ0n) is 9.95. The van der Waals surface area contributed by atoms with Gasteiger partial charge in [-0.15, -0.1) is 0 Å². The minimum atomic E-state index is -0.0437. The average Bonchev–Trinajstić information content (AvgIpc) is 2.34. The Labute approximate surface area is 96.8 Å². The molecule has 1 heterocycles. The summed E-state index contributed by atoms with van der Waals surface area (Å²) >= 11 is 0. The van der Waals surface area contributed by atoms with Gasteiger partial charge in [-0.2, -0.15) is 0 Å². The quantitative estimate of drug-likeness (QED) is 0.674. The standard InChI is InChI=1S/C11H22N2O3/c1-2-16-7-5-12-11(15)13-6-3-4-10(8-13)9-14/h10,14H,2-9H2,1H3,(H,12,15). The number of piperidine rings is 1. The Hall–Kier alpha value is -0.810. The van der Waals surface area contributed by atoms with E-state index in [0.717, 1.165) is 19.4 Å². The molecule has 5 heteroatoms. The number of ether oxygens (including phenoxy) is 1. The van der Waals surface area contributed by atoms with Crippen LogP contribution in [0.25, 0.3) is 0 Å². The van der Waals surface area contributed by atoms with Crippen molar-refractivity contribution in [2.24, 2.45) is 5.92 Å². The molecule has 0 aromatic rings. The van der Waals surface area contributed by atoms with E-state index in [0.29, 0.717) is 26.3 Å². The molecule has 1 atom stereocenters. The topological polar surface area (TPSA) is 61.8 Å². The molecule has 5 nitrogen and oxygen atoms in total. The van der Waals surface area contributed by atoms with Crippen molar-refractivity contribution in [3.8, 4) is 0 Å². The first-order valence-corrected chi connectivity index (χ1v) is 5.99. The summed E-state index contributed by atoms with van der Waals surface area (Å²) in [7, 11) is 0. The van der Waals surface area contributed by atoms with Gasteiger partial charge in [-0.05, 0) is 25.7 Å². The van der Waals surface area contributed by atoms with Crippen molar-refractivity contribution in [1.29, 1.82) is 0 Å². The van der Waals surface area contributed by atoms with E-state index < -0.39 is 0 Å². The van der Waals surface area contributed by atoms with Crippen molar-refractivity contribution in [2.45, 2.75) is 19.8 Å². The third kappa shape index (κ3) is 4.37. The molecule has 0 radical (unpaired) electrons. The van der Waals surface area contributed by atoms with Crippen LogP contribution in [0.2, 0.25) is 0 Å². The highest BCUT2D eigenvalue weighted by molar-refractivity contribution is 5.74. The Kier molecular flexibility index (Phi) is 6.18. The normalized spacial score (nSPS) is 20.9. The van der Waals surface area contributed by atoms with Gasteiger partial charge in [0.05, 0.1) is 6.61 Å². The molecule has 0 bridgehead atoms. The van der Waals surface area contributed by atoms with Crippen molar-refractivity contribution in [1.82, 2.24) is 10.2 Å². The molecule has 16 heavy (non-hydrogen) atoms. The van der Waals surface area contributed by atoms with Gasteiger partial charge < -0.3 is 20.1 Å². The molecule has 2 N–H and O–H groups in total. The molecule has 1 saturated heterocycles. The van der Waals surface area contributed by atoms with Crippen LogP contribution in [0.15, 0.2) is 0 Å². The largest absolute Gasteiger partial charge is 0.396 e. The average molecular weight is 230 g/mol. The van der Waals surface area contributed by atoms with E-state index >= 15 is 0 Å². The summed E-state index contributed by atoms with van der Waals surface area (Å²) in [6, 6.07) is -0.0437. The minimum absolute atomic E-state index is 0.0437. The van der Waals surface area contributed by atoms with E-state index in [-0.39, 0.29) is 18.6 Å². The third-order valence-electron chi connectivity index (χ3n) is 2.79. The second-order valence-corrected chi connectivity index (χ2v) is 4.07. The SMILES string of the molecule is CCOCCNC(=O)N1CCCC(CO)C1. The van der Waals surface area contributed by atoms with Crippen LogP contribution in [0.4, 0.5) is 4.79 Å². The molecule has 0 saturated carbocycles. The number of carbonyl (C=O) groups is 1. The van der Waals surface area contributed by atoms with Gasteiger partial charge in [-0.3, -0.25) is 0 Å². The molecule has 0 aliphatic carbocycles. The lowest BCUT2D eigenvalue weighted by molar-refractivity contribution is 0.123. The summed E-state index contributed by atoms with van der Waals surface area (Å²) in [6.45, 7) is 5.33. The lowest BCUT2D eigenvalue weighted by Gasteiger charge is -2.31. The van der Waals surface area contributed by atoms with Gasteiger partial charge in [0.1, 0.15) is 0 Å². The number of amides is 2. The van der Waals surface area contributed by atoms with E-state index in [9.17, 15) is 4.79 Å². The second-order valence-electron chi connectivity index (χ2n) is 4.07. The van der Waals surface area contributed by atoms with Crippen LogP contribution < -0.4 is 5.32 Å². The summed E-state index contributed by atoms with van der Waals surface area (Å²) in [5, 5.41) is 11.9. The summed E-state index contributed by atoms with van der Waals surface area (Å²) in [5.74, 6) is 0.242. The predicted octanol–water partition coefficient (Wildman–Crippen LogP) is 0.437. The number of likely N-dealkylation sites (tertiary alicyclic amines) is 1. The fourth-order valence-electron chi connectivity index (χ4n) is 1.88. The Bertz CT molecular complexity index is 211. The highest BCUT2D eigenvalue weighted by atomic mass is 16.5. The second kappa shape index (κ2) is 7.46. The summed E-state index contributed by atoms with van der Waals surface area (Å²) in [6.07, 6.45) is 1.99. The van der Waals surface area contributed by atoms with Crippen LogP contribution in [0.5, 0.6) is 0 Å². The van der Waals surface area contributed by atoms with E-state index in [1.54, 1.807) is 4.90 Å². The van der Waals surface area contributed by atoms with E-state index in [1.807, 2.05) is 6.92 Å². The summed E-state index contributed by atoms with van der Waals surface area (Å²) < 4.78 is 5.14. The summed E-state index contributed by atoms with van der Waals surface area (Å²) in [4.78, 5) is 13.5.